The quantitative estimate of drug-likeness (QED) is 0.450. The Balaban J connectivity index is 2.83. The van der Waals surface area contributed by atoms with Crippen molar-refractivity contribution in [3.63, 3.8) is 0 Å². The Morgan fingerprint density at radius 2 is 3.50 bits per heavy atom. The molecule has 0 aromatic heterocycles. The maximum Gasteiger partial charge on any atom is 0.210 e. The molecule has 0 atom stereocenters. The summed E-state index contributed by atoms with van der Waals surface area (Å²) in [6, 6.07) is 0.130. The molecule has 1 nitrogen and oxygen atoms in total. The third kappa shape index (κ3) is 1.70. The molecule has 0 aromatic rings. The highest BCUT2D eigenvalue weighted by molar-refractivity contribution is 4.60. The maximum absolute atomic E-state index is 6.54. The molecular weight excluding hydrogens is 52.0 g/mol. The van der Waals surface area contributed by atoms with Crippen molar-refractivity contribution in [3.8, 4) is 0 Å². The van der Waals surface area contributed by atoms with E-state index < -0.39 is 0 Å². The first kappa shape index (κ1) is 1.22. The highest BCUT2D eigenvalue weighted by Gasteiger charge is 1.45. The zero-order valence-electron chi connectivity index (χ0n) is 4.32. The van der Waals surface area contributed by atoms with Crippen molar-refractivity contribution in [2.45, 2.75) is 0 Å². The van der Waals surface area contributed by atoms with Crippen molar-refractivity contribution < 1.29 is 6.48 Å². The Morgan fingerprint density at radius 1 is 2.75 bits per heavy atom. The largest absolute Gasteiger partial charge is 0.392 e. The zero-order valence-corrected chi connectivity index (χ0v) is 2.32. The van der Waals surface area contributed by atoms with Gasteiger partial charge >= 0.3 is 0 Å². The predicted octanol–water partition coefficient (Wildman–Crippen LogP) is 0.165. The van der Waals surface area contributed by atoms with Gasteiger partial charge in [-0.1, -0.05) is 6.05 Å². The minimum atomic E-state index is 0.0139. The van der Waals surface area contributed by atoms with Crippen LogP contribution >= 0.6 is 0 Å². The zero-order chi connectivity index (χ0) is 4.99. The molecule has 0 bridgehead atoms. The van der Waals surface area contributed by atoms with Crippen LogP contribution in [0.1, 0.15) is 1.37 Å². The maximum atomic E-state index is 6.54. The van der Waals surface area contributed by atoms with Crippen LogP contribution in [0.4, 0.5) is 0 Å². The topological polar surface area (TPSA) is 20.2 Å². The lowest BCUT2D eigenvalue weighted by Gasteiger charge is -1.60. The molecule has 0 aliphatic rings. The molecule has 0 spiro atoms. The second-order valence-electron chi connectivity index (χ2n) is 0.394. The molecule has 0 fully saturated rings. The Morgan fingerprint density at radius 3 is 3.50 bits per heavy atom. The molecular formula is C3H6O. The normalized spacial score (nSPS) is 13.0. The molecule has 0 heterocycles. The fraction of sp³-hybridized carbons (Fsp3) is 0.333. The fourth-order valence-electron chi connectivity index (χ4n) is 0. The van der Waals surface area contributed by atoms with Crippen LogP contribution in [0.15, 0.2) is 12.6 Å². The lowest BCUT2D eigenvalue weighted by molar-refractivity contribution is 0.343. The summed E-state index contributed by atoms with van der Waals surface area (Å²) >= 11 is 0. The van der Waals surface area contributed by atoms with Crippen LogP contribution in [0.25, 0.3) is 0 Å². The molecule has 0 saturated carbocycles. The van der Waals surface area contributed by atoms with Gasteiger partial charge in [-0.2, -0.15) is 0 Å². The number of rotatable bonds is 2. The van der Waals surface area contributed by atoms with Gasteiger partial charge in [0.05, 0.1) is 7.98 Å². The lowest BCUT2D eigenvalue weighted by Crippen LogP contribution is -1.62. The van der Waals surface area contributed by atoms with Gasteiger partial charge in [0.1, 0.15) is 0 Å². The average Bonchev–Trinajstić information content (AvgIpc) is 1.35. The van der Waals surface area contributed by atoms with Crippen molar-refractivity contribution in [1.82, 2.24) is 0 Å². The molecule has 1 N–H and O–H groups in total. The summed E-state index contributed by atoms with van der Waals surface area (Å²) in [4.78, 5) is 0. The molecule has 1 heteroatoms. The molecule has 0 saturated heterocycles. The fourth-order valence-corrected chi connectivity index (χ4v) is 0. The van der Waals surface area contributed by atoms with Gasteiger partial charge in [-0.15, -0.1) is 6.58 Å². The first-order valence-corrected chi connectivity index (χ1v) is 0.996. The van der Waals surface area contributed by atoms with Crippen molar-refractivity contribution in [2.24, 2.45) is 0 Å². The predicted molar refractivity (Wildman–Crippen MR) is 17.3 cm³/mol. The summed E-state index contributed by atoms with van der Waals surface area (Å²) in [7, 11) is 0. The SMILES string of the molecule is [2H]OCC([2H])=C. The van der Waals surface area contributed by atoms with Gasteiger partial charge in [0.2, 0.25) is 1.43 Å². The second-order valence-corrected chi connectivity index (χ2v) is 0.394. The minimum absolute atomic E-state index is 0.0139. The summed E-state index contributed by atoms with van der Waals surface area (Å²) in [5.74, 6) is 0. The highest BCUT2D eigenvalue weighted by Crippen LogP contribution is 1.46. The van der Waals surface area contributed by atoms with Crippen LogP contribution in [-0.4, -0.2) is 13.1 Å². The number of aliphatic hydroxyl groups excluding tert-OH is 1. The van der Waals surface area contributed by atoms with Gasteiger partial charge in [0, 0.05) is 0 Å². The van der Waals surface area contributed by atoms with E-state index in [2.05, 4.69) is 11.7 Å². The van der Waals surface area contributed by atoms with Crippen LogP contribution in [0.5, 0.6) is 0 Å². The number of hydrogen-bond acceptors (Lipinski definition) is 1. The average molecular weight is 60.1 g/mol. The Kier molecular flexibility index (Phi) is 0.824. The van der Waals surface area contributed by atoms with Gasteiger partial charge in [0.25, 0.3) is 0 Å². The van der Waals surface area contributed by atoms with Gasteiger partial charge in [-0.25, -0.2) is 0 Å². The molecule has 0 aliphatic carbocycles. The Bertz CT molecular complexity index is 52.8. The third-order valence-corrected chi connectivity index (χ3v) is 0.102. The summed E-state index contributed by atoms with van der Waals surface area (Å²) in [6.45, 7) is 3.18. The first-order chi connectivity index (χ1) is 2.77. The monoisotopic (exact) mass is 60.1 g/mol. The van der Waals surface area contributed by atoms with Crippen LogP contribution < -0.4 is 0 Å². The summed E-state index contributed by atoms with van der Waals surface area (Å²) in [5.41, 5.74) is 0. The molecule has 0 rings (SSSR count). The number of aliphatic hydroxyl groups is 1. The van der Waals surface area contributed by atoms with E-state index in [1.165, 1.54) is 0 Å². The van der Waals surface area contributed by atoms with E-state index in [0.29, 0.717) is 0 Å². The van der Waals surface area contributed by atoms with Crippen molar-refractivity contribution in [3.05, 3.63) is 12.6 Å². The summed E-state index contributed by atoms with van der Waals surface area (Å²) in [5, 5.41) is 3.77. The summed E-state index contributed by atoms with van der Waals surface area (Å²) < 4.78 is 12.6. The van der Waals surface area contributed by atoms with E-state index in [0.717, 1.165) is 0 Å². The van der Waals surface area contributed by atoms with Gasteiger partial charge < -0.3 is 5.11 Å². The molecule has 0 radical (unpaired) electrons. The Hall–Kier alpha value is -0.300. The molecule has 0 aromatic carbocycles. The Labute approximate surface area is 28.5 Å². The van der Waals surface area contributed by atoms with Gasteiger partial charge in [-0.3, -0.25) is 0 Å². The van der Waals surface area contributed by atoms with Crippen LogP contribution in [0.3, 0.4) is 0 Å². The second kappa shape index (κ2) is 2.70. The van der Waals surface area contributed by atoms with Crippen molar-refractivity contribution >= 4 is 0 Å². The molecule has 4 heavy (non-hydrogen) atoms. The van der Waals surface area contributed by atoms with E-state index in [9.17, 15) is 0 Å². The molecule has 24 valence electrons. The van der Waals surface area contributed by atoms with E-state index in [1.807, 2.05) is 0 Å². The lowest BCUT2D eigenvalue weighted by atomic mass is 10.7. The third-order valence-electron chi connectivity index (χ3n) is 0.102. The van der Waals surface area contributed by atoms with E-state index >= 15 is 0 Å². The van der Waals surface area contributed by atoms with Gasteiger partial charge in [-0.05, 0) is 0 Å². The number of hydrogen-bond donors (Lipinski definition) is 1. The van der Waals surface area contributed by atoms with Crippen LogP contribution in [-0.2, 0) is 0 Å². The van der Waals surface area contributed by atoms with E-state index in [1.54, 1.807) is 0 Å². The molecule has 0 unspecified atom stereocenters. The van der Waals surface area contributed by atoms with Crippen LogP contribution in [0, 0.1) is 0 Å². The molecule has 0 amide bonds. The van der Waals surface area contributed by atoms with Crippen molar-refractivity contribution in [2.75, 3.05) is 6.61 Å². The first-order valence-electron chi connectivity index (χ1n) is 1.90. The molecule has 0 aliphatic heterocycles. The van der Waals surface area contributed by atoms with Gasteiger partial charge in [0.15, 0.2) is 0 Å². The minimum Gasteiger partial charge on any atom is -0.392 e. The van der Waals surface area contributed by atoms with E-state index in [4.69, 9.17) is 2.80 Å². The van der Waals surface area contributed by atoms with Crippen LogP contribution in [0.2, 0.25) is 0 Å². The highest BCUT2D eigenvalue weighted by atomic mass is 16.2. The van der Waals surface area contributed by atoms with Crippen molar-refractivity contribution in [1.29, 1.82) is 1.43 Å². The summed E-state index contributed by atoms with van der Waals surface area (Å²) in [6.07, 6.45) is 0. The smallest absolute Gasteiger partial charge is 0.210 e. The van der Waals surface area contributed by atoms with E-state index in [-0.39, 0.29) is 12.7 Å². The standard InChI is InChI=1S/C3H6O/c1-2-3-4/h2,4H,1,3H2/i2D,4D.